The molecule has 5 N–H and O–H groups in total. The zero-order valence-corrected chi connectivity index (χ0v) is 15.6. The van der Waals surface area contributed by atoms with Crippen LogP contribution in [0.1, 0.15) is 17.2 Å². The van der Waals surface area contributed by atoms with Gasteiger partial charge in [0.2, 0.25) is 15.9 Å². The maximum atomic E-state index is 12.6. The molecule has 1 saturated heterocycles. The topological polar surface area (TPSA) is 123 Å². The third-order valence-corrected chi connectivity index (χ3v) is 5.44. The van der Waals surface area contributed by atoms with Gasteiger partial charge in [-0.1, -0.05) is 24.3 Å². The number of amides is 1. The van der Waals surface area contributed by atoms with E-state index in [0.29, 0.717) is 13.1 Å². The Balaban J connectivity index is 1.62. The number of rotatable bonds is 6. The Morgan fingerprint density at radius 3 is 2.44 bits per heavy atom. The van der Waals surface area contributed by atoms with Crippen molar-refractivity contribution in [3.05, 3.63) is 59.7 Å². The van der Waals surface area contributed by atoms with E-state index in [1.165, 1.54) is 12.1 Å². The van der Waals surface area contributed by atoms with Gasteiger partial charge in [0, 0.05) is 13.1 Å². The number of nitrogens with one attached hydrogen (secondary N) is 3. The predicted octanol–water partition coefficient (Wildman–Crippen LogP) is 0.424. The molecular weight excluding hydrogens is 368 g/mol. The van der Waals surface area contributed by atoms with Gasteiger partial charge >= 0.3 is 0 Å². The first kappa shape index (κ1) is 19.3. The number of carbonyl (C=O) groups is 1. The lowest BCUT2D eigenvalue weighted by Crippen LogP contribution is -2.34. The summed E-state index contributed by atoms with van der Waals surface area (Å²) in [5, 5.41) is 7.98. The number of primary sulfonamides is 1. The summed E-state index contributed by atoms with van der Waals surface area (Å²) in [4.78, 5) is 12.7. The van der Waals surface area contributed by atoms with Crippen molar-refractivity contribution in [1.29, 1.82) is 0 Å². The molecule has 0 aliphatic carbocycles. The van der Waals surface area contributed by atoms with E-state index in [-0.39, 0.29) is 22.8 Å². The minimum atomic E-state index is -3.72. The second-order valence-corrected chi connectivity index (χ2v) is 7.85. The van der Waals surface area contributed by atoms with Gasteiger partial charge in [0.25, 0.3) is 0 Å². The molecule has 2 aromatic rings. The number of sulfonamides is 1. The zero-order valence-electron chi connectivity index (χ0n) is 14.8. The normalized spacial score (nSPS) is 19.6. The van der Waals surface area contributed by atoms with Gasteiger partial charge in [0.15, 0.2) is 0 Å². The molecule has 0 saturated carbocycles. The van der Waals surface area contributed by atoms with Crippen LogP contribution in [0.15, 0.2) is 53.4 Å². The number of methoxy groups -OCH3 is 1. The lowest BCUT2D eigenvalue weighted by molar-refractivity contribution is -0.125. The van der Waals surface area contributed by atoms with E-state index in [9.17, 15) is 13.2 Å². The van der Waals surface area contributed by atoms with Crippen LogP contribution in [-0.4, -0.2) is 28.0 Å². The van der Waals surface area contributed by atoms with Gasteiger partial charge in [0.05, 0.1) is 24.0 Å². The Kier molecular flexibility index (Phi) is 5.76. The van der Waals surface area contributed by atoms with Gasteiger partial charge in [-0.25, -0.2) is 19.0 Å². The third kappa shape index (κ3) is 4.64. The van der Waals surface area contributed by atoms with Crippen molar-refractivity contribution < 1.29 is 17.9 Å². The molecule has 2 aromatic carbocycles. The van der Waals surface area contributed by atoms with Crippen molar-refractivity contribution >= 4 is 15.9 Å². The number of nitrogens with two attached hydrogens (primary N) is 1. The highest BCUT2D eigenvalue weighted by Gasteiger charge is 2.33. The summed E-state index contributed by atoms with van der Waals surface area (Å²) in [7, 11) is -2.11. The van der Waals surface area contributed by atoms with E-state index >= 15 is 0 Å². The highest BCUT2D eigenvalue weighted by Crippen LogP contribution is 2.26. The minimum Gasteiger partial charge on any atom is -0.497 e. The molecule has 0 spiro atoms. The second-order valence-electron chi connectivity index (χ2n) is 6.29. The van der Waals surface area contributed by atoms with Gasteiger partial charge in [-0.05, 0) is 35.4 Å². The Morgan fingerprint density at radius 2 is 1.85 bits per heavy atom. The van der Waals surface area contributed by atoms with Crippen molar-refractivity contribution in [3.63, 3.8) is 0 Å². The van der Waals surface area contributed by atoms with E-state index in [1.54, 1.807) is 19.2 Å². The van der Waals surface area contributed by atoms with Crippen molar-refractivity contribution in [2.75, 3.05) is 13.7 Å². The molecule has 0 bridgehead atoms. The third-order valence-electron chi connectivity index (χ3n) is 4.51. The number of hydrogen-bond acceptors (Lipinski definition) is 6. The summed E-state index contributed by atoms with van der Waals surface area (Å²) < 4.78 is 27.7. The van der Waals surface area contributed by atoms with Crippen molar-refractivity contribution in [2.24, 2.45) is 11.1 Å². The first-order valence-corrected chi connectivity index (χ1v) is 9.95. The quantitative estimate of drug-likeness (QED) is 0.567. The van der Waals surface area contributed by atoms with Gasteiger partial charge in [-0.2, -0.15) is 0 Å². The predicted molar refractivity (Wildman–Crippen MR) is 100 cm³/mol. The molecule has 1 heterocycles. The summed E-state index contributed by atoms with van der Waals surface area (Å²) in [6.45, 7) is 0.808. The first-order chi connectivity index (χ1) is 12.9. The fraction of sp³-hybridized carbons (Fsp3) is 0.278. The van der Waals surface area contributed by atoms with Gasteiger partial charge in [0.1, 0.15) is 5.75 Å². The summed E-state index contributed by atoms with van der Waals surface area (Å²) in [6, 6.07) is 13.5. The van der Waals surface area contributed by atoms with Crippen LogP contribution in [0.3, 0.4) is 0 Å². The van der Waals surface area contributed by atoms with Crippen molar-refractivity contribution in [2.45, 2.75) is 17.5 Å². The van der Waals surface area contributed by atoms with Gasteiger partial charge < -0.3 is 10.1 Å². The number of carbonyl (C=O) groups excluding carboxylic acids is 1. The van der Waals surface area contributed by atoms with Gasteiger partial charge in [-0.3, -0.25) is 10.2 Å². The number of ether oxygens (including phenoxy) is 1. The molecule has 8 nitrogen and oxygen atoms in total. The SMILES string of the molecule is COc1ccc(C2NNCC2C(=O)NCc2ccc(S(N)(=O)=O)cc2)cc1. The average Bonchev–Trinajstić information content (AvgIpc) is 3.16. The average molecular weight is 390 g/mol. The highest BCUT2D eigenvalue weighted by molar-refractivity contribution is 7.89. The summed E-state index contributed by atoms with van der Waals surface area (Å²) in [5.41, 5.74) is 7.93. The van der Waals surface area contributed by atoms with Crippen LogP contribution >= 0.6 is 0 Å². The van der Waals surface area contributed by atoms with Crippen molar-refractivity contribution in [1.82, 2.24) is 16.2 Å². The van der Waals surface area contributed by atoms with Crippen LogP contribution in [0.25, 0.3) is 0 Å². The van der Waals surface area contributed by atoms with Gasteiger partial charge in [-0.15, -0.1) is 0 Å². The lowest BCUT2D eigenvalue weighted by atomic mass is 9.94. The maximum absolute atomic E-state index is 12.6. The fourth-order valence-corrected chi connectivity index (χ4v) is 3.50. The molecule has 144 valence electrons. The maximum Gasteiger partial charge on any atom is 0.238 e. The van der Waals surface area contributed by atoms with E-state index in [2.05, 4.69) is 16.2 Å². The zero-order chi connectivity index (χ0) is 19.4. The summed E-state index contributed by atoms with van der Waals surface area (Å²) >= 11 is 0. The summed E-state index contributed by atoms with van der Waals surface area (Å²) in [6.07, 6.45) is 0. The molecule has 2 unspecified atom stereocenters. The smallest absolute Gasteiger partial charge is 0.238 e. The monoisotopic (exact) mass is 390 g/mol. The Labute approximate surface area is 158 Å². The minimum absolute atomic E-state index is 0.0429. The van der Waals surface area contributed by atoms with Crippen LogP contribution in [0.2, 0.25) is 0 Å². The van der Waals surface area contributed by atoms with Crippen LogP contribution < -0.4 is 26.0 Å². The molecule has 1 amide bonds. The van der Waals surface area contributed by atoms with E-state index in [4.69, 9.17) is 9.88 Å². The second kappa shape index (κ2) is 8.05. The molecule has 1 aliphatic rings. The van der Waals surface area contributed by atoms with Crippen LogP contribution in [0.4, 0.5) is 0 Å². The van der Waals surface area contributed by atoms with Crippen LogP contribution in [-0.2, 0) is 21.4 Å². The Bertz CT molecular complexity index is 898. The lowest BCUT2D eigenvalue weighted by Gasteiger charge is -2.19. The Morgan fingerprint density at radius 1 is 1.19 bits per heavy atom. The number of benzene rings is 2. The molecule has 3 rings (SSSR count). The number of hydrogen-bond donors (Lipinski definition) is 4. The molecule has 2 atom stereocenters. The van der Waals surface area contributed by atoms with E-state index in [0.717, 1.165) is 16.9 Å². The molecule has 1 aliphatic heterocycles. The Hall–Kier alpha value is -2.46. The molecule has 0 radical (unpaired) electrons. The van der Waals surface area contributed by atoms with Crippen LogP contribution in [0, 0.1) is 5.92 Å². The molecule has 1 fully saturated rings. The fourth-order valence-electron chi connectivity index (χ4n) is 2.99. The summed E-state index contributed by atoms with van der Waals surface area (Å²) in [5.74, 6) is 0.388. The molecule has 0 aromatic heterocycles. The number of hydrazine groups is 1. The van der Waals surface area contributed by atoms with Crippen LogP contribution in [0.5, 0.6) is 5.75 Å². The molecular formula is C18H22N4O4S. The first-order valence-electron chi connectivity index (χ1n) is 8.40. The standard InChI is InChI=1S/C18H22N4O4S/c1-26-14-6-4-13(5-7-14)17-16(11-21-22-17)18(23)20-10-12-2-8-15(9-3-12)27(19,24)25/h2-9,16-17,21-22H,10-11H2,1H3,(H,20,23)(H2,19,24,25). The van der Waals surface area contributed by atoms with Crippen molar-refractivity contribution in [3.8, 4) is 5.75 Å². The largest absolute Gasteiger partial charge is 0.497 e. The molecule has 27 heavy (non-hydrogen) atoms. The van der Waals surface area contributed by atoms with E-state index in [1.807, 2.05) is 24.3 Å². The van der Waals surface area contributed by atoms with E-state index < -0.39 is 10.0 Å². The molecule has 9 heteroatoms. The highest BCUT2D eigenvalue weighted by atomic mass is 32.2.